The molecule has 12 rings (SSSR count). The van der Waals surface area contributed by atoms with Gasteiger partial charge in [-0.05, 0) is 59.5 Å². The number of thiophene rings is 2. The second-order valence-corrected chi connectivity index (χ2v) is 17.5. The molecule has 1 aliphatic carbocycles. The number of rotatable bonds is 5. The number of fused-ring (bicyclic) bond motifs is 9. The zero-order valence-electron chi connectivity index (χ0n) is 31.4. The summed E-state index contributed by atoms with van der Waals surface area (Å²) in [6, 6.07) is 55.8. The molecule has 0 bridgehead atoms. The van der Waals surface area contributed by atoms with Crippen molar-refractivity contribution in [3.8, 4) is 45.3 Å². The molecule has 0 aliphatic heterocycles. The Kier molecular flexibility index (Phi) is 7.43. The van der Waals surface area contributed by atoms with Crippen LogP contribution in [0.2, 0.25) is 0 Å². The molecule has 0 amide bonds. The largest absolute Gasteiger partial charge is 0.456 e. The van der Waals surface area contributed by atoms with Crippen LogP contribution in [0, 0.1) is 0 Å². The minimum atomic E-state index is -0.272. The van der Waals surface area contributed by atoms with E-state index in [1.165, 1.54) is 57.0 Å². The van der Waals surface area contributed by atoms with E-state index >= 15 is 0 Å². The van der Waals surface area contributed by atoms with Gasteiger partial charge in [0.25, 0.3) is 0 Å². The summed E-state index contributed by atoms with van der Waals surface area (Å²) >= 11 is 3.66. The van der Waals surface area contributed by atoms with Gasteiger partial charge in [0.1, 0.15) is 11.3 Å². The van der Waals surface area contributed by atoms with E-state index in [2.05, 4.69) is 171 Å². The van der Waals surface area contributed by atoms with Crippen LogP contribution in [0.5, 0.6) is 0 Å². The summed E-state index contributed by atoms with van der Waals surface area (Å²) in [5, 5.41) is 6.08. The van der Waals surface area contributed by atoms with Crippen molar-refractivity contribution in [2.75, 3.05) is 0 Å². The molecular weight excluding hydrogens is 747 g/mol. The fraction of sp³-hybridized carbons (Fsp3) is 0.0577. The Morgan fingerprint density at radius 2 is 1.03 bits per heavy atom. The fourth-order valence-corrected chi connectivity index (χ4v) is 11.3. The van der Waals surface area contributed by atoms with Gasteiger partial charge < -0.3 is 4.42 Å². The van der Waals surface area contributed by atoms with Gasteiger partial charge in [-0.3, -0.25) is 0 Å². The highest BCUT2D eigenvalue weighted by atomic mass is 32.1. The zero-order valence-corrected chi connectivity index (χ0v) is 33.1. The highest BCUT2D eigenvalue weighted by molar-refractivity contribution is 7.26. The normalized spacial score (nSPS) is 15.3. The number of hydrogen-bond acceptors (Lipinski definition) is 6. The molecule has 0 saturated heterocycles. The van der Waals surface area contributed by atoms with Crippen LogP contribution in [-0.2, 0) is 11.8 Å². The van der Waals surface area contributed by atoms with Gasteiger partial charge in [0.15, 0.2) is 17.5 Å². The van der Waals surface area contributed by atoms with Crippen LogP contribution >= 0.6 is 22.7 Å². The van der Waals surface area contributed by atoms with E-state index in [0.717, 1.165) is 45.4 Å². The average molecular weight is 780 g/mol. The molecule has 0 radical (unpaired) electrons. The Morgan fingerprint density at radius 3 is 1.78 bits per heavy atom. The minimum absolute atomic E-state index is 0.272. The van der Waals surface area contributed by atoms with Crippen LogP contribution in [0.15, 0.2) is 168 Å². The van der Waals surface area contributed by atoms with Crippen molar-refractivity contribution in [2.45, 2.75) is 18.8 Å². The van der Waals surface area contributed by atoms with Crippen LogP contribution in [0.4, 0.5) is 0 Å². The average Bonchev–Trinajstić information content (AvgIpc) is 3.97. The van der Waals surface area contributed by atoms with E-state index in [9.17, 15) is 0 Å². The number of nitrogens with zero attached hydrogens (tertiary/aromatic N) is 3. The van der Waals surface area contributed by atoms with Crippen LogP contribution in [-0.4, -0.2) is 15.0 Å². The SMILES string of the molecule is C[C@]1(c2cccc3sc4ccccc4c23)C=Cc2oc3cccc(-c4nc(-c5ccc(-c6ccccc6)cc5)nc(-c5cccc6sc7ccccc7c56)n4)c3c2C1. The molecule has 4 heterocycles. The first-order valence-corrected chi connectivity index (χ1v) is 21.2. The molecule has 4 aromatic heterocycles. The lowest BCUT2D eigenvalue weighted by atomic mass is 9.72. The predicted molar refractivity (Wildman–Crippen MR) is 244 cm³/mol. The topological polar surface area (TPSA) is 51.8 Å². The summed E-state index contributed by atoms with van der Waals surface area (Å²) in [6.45, 7) is 2.36. The van der Waals surface area contributed by atoms with Crippen molar-refractivity contribution >= 4 is 80.1 Å². The minimum Gasteiger partial charge on any atom is -0.456 e. The number of benzene rings is 7. The molecule has 11 aromatic rings. The lowest BCUT2D eigenvalue weighted by Gasteiger charge is -2.30. The third kappa shape index (κ3) is 5.22. The van der Waals surface area contributed by atoms with Gasteiger partial charge in [-0.25, -0.2) is 15.0 Å². The molecule has 0 spiro atoms. The molecule has 0 N–H and O–H groups in total. The molecule has 6 heteroatoms. The van der Waals surface area contributed by atoms with E-state index in [-0.39, 0.29) is 5.41 Å². The zero-order chi connectivity index (χ0) is 38.4. The Hall–Kier alpha value is -6.73. The molecule has 274 valence electrons. The van der Waals surface area contributed by atoms with E-state index in [1.54, 1.807) is 11.3 Å². The Morgan fingerprint density at radius 1 is 0.483 bits per heavy atom. The van der Waals surface area contributed by atoms with Gasteiger partial charge in [0.2, 0.25) is 0 Å². The maximum absolute atomic E-state index is 6.65. The number of allylic oxidation sites excluding steroid dienone is 1. The highest BCUT2D eigenvalue weighted by Crippen LogP contribution is 2.47. The monoisotopic (exact) mass is 779 g/mol. The fourth-order valence-electron chi connectivity index (χ4n) is 9.00. The third-order valence-electron chi connectivity index (χ3n) is 11.8. The molecule has 0 saturated carbocycles. The van der Waals surface area contributed by atoms with Crippen LogP contribution in [0.3, 0.4) is 0 Å². The molecular formula is C52H33N3OS2. The summed E-state index contributed by atoms with van der Waals surface area (Å²) in [5.41, 5.74) is 8.24. The molecule has 0 unspecified atom stereocenters. The first-order valence-electron chi connectivity index (χ1n) is 19.6. The third-order valence-corrected chi connectivity index (χ3v) is 14.1. The van der Waals surface area contributed by atoms with Crippen molar-refractivity contribution in [3.63, 3.8) is 0 Å². The van der Waals surface area contributed by atoms with Crippen molar-refractivity contribution in [3.05, 3.63) is 181 Å². The smallest absolute Gasteiger partial charge is 0.164 e. The van der Waals surface area contributed by atoms with E-state index in [4.69, 9.17) is 19.4 Å². The standard InChI is InChI=1S/C52H33N3OS2/c1-52(39-18-11-23-45-48(39)35-15-6-8-21-43(35)58-45)29-28-40-38(30-52)46-36(16-9-19-41(46)56-40)50-53-49(33-26-24-32(25-27-33)31-12-3-2-4-13-31)54-51(55-50)37-17-10-22-44-47(37)34-14-5-7-20-42(34)57-44/h2-29H,30H2,1H3/t52-/m0/s1. The summed E-state index contributed by atoms with van der Waals surface area (Å²) in [7, 11) is 0. The number of hydrogen-bond donors (Lipinski definition) is 0. The van der Waals surface area contributed by atoms with Crippen molar-refractivity contribution < 1.29 is 4.42 Å². The van der Waals surface area contributed by atoms with E-state index < -0.39 is 0 Å². The van der Waals surface area contributed by atoms with Gasteiger partial charge in [0.05, 0.1) is 0 Å². The Bertz CT molecular complexity index is 3450. The van der Waals surface area contributed by atoms with E-state index in [1.807, 2.05) is 17.4 Å². The summed E-state index contributed by atoms with van der Waals surface area (Å²) in [4.78, 5) is 15.9. The maximum Gasteiger partial charge on any atom is 0.164 e. The summed E-state index contributed by atoms with van der Waals surface area (Å²) in [5.74, 6) is 2.80. The Balaban J connectivity index is 1.05. The maximum atomic E-state index is 6.65. The van der Waals surface area contributed by atoms with Gasteiger partial charge in [-0.15, -0.1) is 22.7 Å². The van der Waals surface area contributed by atoms with Gasteiger partial charge in [-0.1, -0.05) is 140 Å². The first-order chi connectivity index (χ1) is 28.6. The van der Waals surface area contributed by atoms with Crippen LogP contribution in [0.1, 0.15) is 23.8 Å². The highest BCUT2D eigenvalue weighted by Gasteiger charge is 2.34. The van der Waals surface area contributed by atoms with Crippen molar-refractivity contribution in [1.29, 1.82) is 0 Å². The number of furan rings is 1. The van der Waals surface area contributed by atoms with Gasteiger partial charge >= 0.3 is 0 Å². The Labute approximate surface area is 342 Å². The van der Waals surface area contributed by atoms with Gasteiger partial charge in [0, 0.05) is 73.4 Å². The lowest BCUT2D eigenvalue weighted by Crippen LogP contribution is -2.25. The lowest BCUT2D eigenvalue weighted by molar-refractivity contribution is 0.553. The van der Waals surface area contributed by atoms with E-state index in [0.29, 0.717) is 17.5 Å². The van der Waals surface area contributed by atoms with Crippen LogP contribution in [0.25, 0.3) is 103 Å². The quantitative estimate of drug-likeness (QED) is 0.175. The molecule has 0 fully saturated rings. The van der Waals surface area contributed by atoms with Crippen molar-refractivity contribution in [1.82, 2.24) is 15.0 Å². The first kappa shape index (κ1) is 33.4. The molecule has 7 aromatic carbocycles. The summed E-state index contributed by atoms with van der Waals surface area (Å²) < 4.78 is 11.7. The predicted octanol–water partition coefficient (Wildman–Crippen LogP) is 14.5. The second kappa shape index (κ2) is 12.9. The van der Waals surface area contributed by atoms with Crippen LogP contribution < -0.4 is 0 Å². The molecule has 1 atom stereocenters. The van der Waals surface area contributed by atoms with Crippen molar-refractivity contribution in [2.24, 2.45) is 0 Å². The molecule has 1 aliphatic rings. The second-order valence-electron chi connectivity index (χ2n) is 15.4. The molecule has 4 nitrogen and oxygen atoms in total. The molecule has 58 heavy (non-hydrogen) atoms. The van der Waals surface area contributed by atoms with Gasteiger partial charge in [-0.2, -0.15) is 0 Å². The number of aromatic nitrogens is 3. The summed E-state index contributed by atoms with van der Waals surface area (Å²) in [6.07, 6.45) is 5.29.